The van der Waals surface area contributed by atoms with Gasteiger partial charge in [-0.05, 0) is 49.4 Å². The highest BCUT2D eigenvalue weighted by atomic mass is 32.2. The third-order valence-electron chi connectivity index (χ3n) is 5.22. The number of hydrogen-bond acceptors (Lipinski definition) is 4. The molecule has 0 aromatic heterocycles. The summed E-state index contributed by atoms with van der Waals surface area (Å²) in [5.74, 6) is -0.863. The van der Waals surface area contributed by atoms with Crippen molar-refractivity contribution in [3.05, 3.63) is 29.8 Å². The van der Waals surface area contributed by atoms with Crippen molar-refractivity contribution in [3.63, 3.8) is 0 Å². The van der Waals surface area contributed by atoms with Gasteiger partial charge in [0.05, 0.1) is 12.0 Å². The summed E-state index contributed by atoms with van der Waals surface area (Å²) in [5, 5.41) is 9.85. The molecule has 1 amide bonds. The summed E-state index contributed by atoms with van der Waals surface area (Å²) in [5.41, 5.74) is 0.720. The third-order valence-corrected chi connectivity index (χ3v) is 6.23. The molecule has 2 atom stereocenters. The zero-order valence-electron chi connectivity index (χ0n) is 15.4. The van der Waals surface area contributed by atoms with Crippen molar-refractivity contribution in [2.75, 3.05) is 19.7 Å². The number of nitrogens with zero attached hydrogens (tertiary/aromatic N) is 1. The van der Waals surface area contributed by atoms with E-state index in [0.717, 1.165) is 18.4 Å². The number of hydrogen-bond donors (Lipinski definition) is 1. The van der Waals surface area contributed by atoms with Gasteiger partial charge in [-0.25, -0.2) is 0 Å². The molecule has 26 heavy (non-hydrogen) atoms. The first-order valence-corrected chi connectivity index (χ1v) is 10.2. The second-order valence-electron chi connectivity index (χ2n) is 7.39. The summed E-state index contributed by atoms with van der Waals surface area (Å²) >= 11 is 1.78. The van der Waals surface area contributed by atoms with E-state index in [1.165, 1.54) is 4.90 Å². The average molecular weight is 378 g/mol. The number of thioether (sulfide) groups is 1. The van der Waals surface area contributed by atoms with E-state index in [1.807, 2.05) is 29.2 Å². The molecule has 0 aliphatic carbocycles. The van der Waals surface area contributed by atoms with Crippen molar-refractivity contribution < 1.29 is 19.4 Å². The van der Waals surface area contributed by atoms with Crippen LogP contribution in [0.25, 0.3) is 0 Å². The van der Waals surface area contributed by atoms with Gasteiger partial charge >= 0.3 is 5.97 Å². The lowest BCUT2D eigenvalue weighted by molar-refractivity contribution is -0.145. The van der Waals surface area contributed by atoms with Crippen LogP contribution in [0, 0.1) is 11.8 Å². The van der Waals surface area contributed by atoms with Crippen molar-refractivity contribution in [2.24, 2.45) is 11.8 Å². The lowest BCUT2D eigenvalue weighted by Crippen LogP contribution is -2.43. The van der Waals surface area contributed by atoms with Crippen molar-refractivity contribution in [1.29, 1.82) is 0 Å². The lowest BCUT2D eigenvalue weighted by atomic mass is 9.84. The Morgan fingerprint density at radius 2 is 1.81 bits per heavy atom. The molecule has 2 heterocycles. The molecule has 1 aromatic rings. The van der Waals surface area contributed by atoms with Crippen LogP contribution in [0.3, 0.4) is 0 Å². The Morgan fingerprint density at radius 1 is 1.15 bits per heavy atom. The monoisotopic (exact) mass is 377 g/mol. The van der Waals surface area contributed by atoms with Gasteiger partial charge in [-0.15, -0.1) is 11.8 Å². The molecule has 1 aromatic carbocycles. The lowest BCUT2D eigenvalue weighted by Gasteiger charge is -2.35. The Bertz CT molecular complexity index is 638. The summed E-state index contributed by atoms with van der Waals surface area (Å²) in [6.07, 6.45) is 2.01. The fraction of sp³-hybridized carbons (Fsp3) is 0.600. The molecular formula is C20H27NO4S. The molecule has 0 spiro atoms. The van der Waals surface area contributed by atoms with Gasteiger partial charge in [-0.2, -0.15) is 0 Å². The molecular weight excluding hydrogens is 350 g/mol. The largest absolute Gasteiger partial charge is 0.481 e. The zero-order chi connectivity index (χ0) is 18.7. The number of ether oxygens (including phenoxy) is 1. The van der Waals surface area contributed by atoms with E-state index < -0.39 is 11.9 Å². The molecule has 3 rings (SSSR count). The summed E-state index contributed by atoms with van der Waals surface area (Å²) in [7, 11) is 0. The molecule has 0 saturated carbocycles. The van der Waals surface area contributed by atoms with Gasteiger partial charge in [0.25, 0.3) is 5.91 Å². The van der Waals surface area contributed by atoms with Crippen LogP contribution in [0.5, 0.6) is 0 Å². The minimum absolute atomic E-state index is 0.0617. The molecule has 2 fully saturated rings. The predicted molar refractivity (Wildman–Crippen MR) is 102 cm³/mol. The van der Waals surface area contributed by atoms with Crippen LogP contribution < -0.4 is 0 Å². The number of carbonyl (C=O) groups is 2. The van der Waals surface area contributed by atoms with Crippen LogP contribution in [0.15, 0.2) is 29.2 Å². The minimum atomic E-state index is -0.759. The molecule has 1 unspecified atom stereocenters. The van der Waals surface area contributed by atoms with Gasteiger partial charge in [0, 0.05) is 35.4 Å². The number of carboxylic acid groups (broad SMARTS) is 1. The van der Waals surface area contributed by atoms with Crippen LogP contribution in [0.4, 0.5) is 0 Å². The van der Waals surface area contributed by atoms with Gasteiger partial charge in [0.2, 0.25) is 0 Å². The van der Waals surface area contributed by atoms with Crippen molar-refractivity contribution in [1.82, 2.24) is 4.90 Å². The van der Waals surface area contributed by atoms with E-state index in [9.17, 15) is 14.7 Å². The van der Waals surface area contributed by atoms with Crippen molar-refractivity contribution in [2.45, 2.75) is 49.4 Å². The zero-order valence-corrected chi connectivity index (χ0v) is 16.2. The summed E-state index contributed by atoms with van der Waals surface area (Å²) < 4.78 is 5.70. The summed E-state index contributed by atoms with van der Waals surface area (Å²) in [6, 6.07) is 7.82. The summed E-state index contributed by atoms with van der Waals surface area (Å²) in [4.78, 5) is 27.1. The first-order chi connectivity index (χ1) is 12.5. The van der Waals surface area contributed by atoms with E-state index in [1.54, 1.807) is 11.8 Å². The molecule has 2 saturated heterocycles. The topological polar surface area (TPSA) is 66.8 Å². The van der Waals surface area contributed by atoms with E-state index >= 15 is 0 Å². The number of likely N-dealkylation sites (tertiary alicyclic amines) is 1. The maximum atomic E-state index is 12.7. The maximum Gasteiger partial charge on any atom is 0.309 e. The first kappa shape index (κ1) is 19.2. The number of rotatable bonds is 5. The molecule has 5 nitrogen and oxygen atoms in total. The second-order valence-corrected chi connectivity index (χ2v) is 9.04. The van der Waals surface area contributed by atoms with E-state index in [2.05, 4.69) is 13.8 Å². The van der Waals surface area contributed by atoms with Gasteiger partial charge in [0.15, 0.2) is 0 Å². The predicted octanol–water partition coefficient (Wildman–Crippen LogP) is 3.53. The average Bonchev–Trinajstić information content (AvgIpc) is 3.11. The fourth-order valence-corrected chi connectivity index (χ4v) is 4.74. The quantitative estimate of drug-likeness (QED) is 0.795. The Balaban J connectivity index is 1.56. The normalized spacial score (nSPS) is 24.2. The van der Waals surface area contributed by atoms with Crippen molar-refractivity contribution >= 4 is 23.6 Å². The van der Waals surface area contributed by atoms with Gasteiger partial charge in [0.1, 0.15) is 0 Å². The van der Waals surface area contributed by atoms with Gasteiger partial charge < -0.3 is 14.7 Å². The van der Waals surface area contributed by atoms with E-state index in [0.29, 0.717) is 31.4 Å². The molecule has 6 heteroatoms. The molecule has 0 bridgehead atoms. The number of carboxylic acids is 1. The number of aliphatic carboxylic acids is 1. The number of carbonyl (C=O) groups excluding carboxylic acids is 1. The third kappa shape index (κ3) is 4.41. The van der Waals surface area contributed by atoms with Crippen LogP contribution in [0.2, 0.25) is 0 Å². The smallest absolute Gasteiger partial charge is 0.309 e. The van der Waals surface area contributed by atoms with Crippen LogP contribution in [-0.2, 0) is 9.53 Å². The highest BCUT2D eigenvalue weighted by molar-refractivity contribution is 7.99. The second kappa shape index (κ2) is 8.44. The Hall–Kier alpha value is -1.53. The van der Waals surface area contributed by atoms with Crippen LogP contribution in [-0.4, -0.2) is 52.9 Å². The Labute approximate surface area is 159 Å². The fourth-order valence-electron chi connectivity index (χ4n) is 3.90. The van der Waals surface area contributed by atoms with Crippen LogP contribution >= 0.6 is 11.8 Å². The SMILES string of the molecule is CC(C)Sc1ccc(C(=O)N2CCC([C@@H]3OCCC3C(=O)O)CC2)cc1. The van der Waals surface area contributed by atoms with Crippen LogP contribution in [0.1, 0.15) is 43.5 Å². The van der Waals surface area contributed by atoms with Gasteiger partial charge in [-0.1, -0.05) is 13.8 Å². The number of benzene rings is 1. The molecule has 142 valence electrons. The van der Waals surface area contributed by atoms with Gasteiger partial charge in [-0.3, -0.25) is 9.59 Å². The number of piperidine rings is 1. The first-order valence-electron chi connectivity index (χ1n) is 9.36. The van der Waals surface area contributed by atoms with Crippen molar-refractivity contribution in [3.8, 4) is 0 Å². The molecule has 2 aliphatic heterocycles. The number of amides is 1. The van der Waals surface area contributed by atoms with E-state index in [-0.39, 0.29) is 17.9 Å². The van der Waals surface area contributed by atoms with E-state index in [4.69, 9.17) is 4.74 Å². The Morgan fingerprint density at radius 3 is 2.38 bits per heavy atom. The Kier molecular flexibility index (Phi) is 6.24. The highest BCUT2D eigenvalue weighted by Crippen LogP contribution is 2.33. The molecule has 1 N–H and O–H groups in total. The highest BCUT2D eigenvalue weighted by Gasteiger charge is 2.40. The molecule has 0 radical (unpaired) electrons. The minimum Gasteiger partial charge on any atom is -0.481 e. The molecule has 2 aliphatic rings. The standard InChI is InChI=1S/C20H27NO4S/c1-13(2)26-16-5-3-15(4-6-16)19(22)21-10-7-14(8-11-21)18-17(20(23)24)9-12-25-18/h3-6,13-14,17-18H,7-12H2,1-2H3,(H,23,24)/t17?,18-/m0/s1. The summed E-state index contributed by atoms with van der Waals surface area (Å²) in [6.45, 7) is 6.16. The maximum absolute atomic E-state index is 12.7.